The van der Waals surface area contributed by atoms with E-state index in [1.807, 2.05) is 12.1 Å². The molecule has 13 heavy (non-hydrogen) atoms. The first kappa shape index (κ1) is 8.54. The van der Waals surface area contributed by atoms with Crippen molar-refractivity contribution in [1.82, 2.24) is 0 Å². The van der Waals surface area contributed by atoms with Gasteiger partial charge in [0.15, 0.2) is 0 Å². The highest BCUT2D eigenvalue weighted by molar-refractivity contribution is 8.00. The Morgan fingerprint density at radius 1 is 1.62 bits per heavy atom. The van der Waals surface area contributed by atoms with Gasteiger partial charge in [-0.15, -0.1) is 11.8 Å². The fraction of sp³-hybridized carbons (Fsp3) is 0.300. The van der Waals surface area contributed by atoms with Crippen LogP contribution in [0.2, 0.25) is 0 Å². The second kappa shape index (κ2) is 3.36. The van der Waals surface area contributed by atoms with Crippen molar-refractivity contribution < 1.29 is 4.79 Å². The van der Waals surface area contributed by atoms with Crippen LogP contribution in [0.4, 0.5) is 5.69 Å². The predicted molar refractivity (Wildman–Crippen MR) is 53.2 cm³/mol. The average molecular weight is 191 g/mol. The molecule has 0 amide bonds. The van der Waals surface area contributed by atoms with Gasteiger partial charge in [0.1, 0.15) is 0 Å². The summed E-state index contributed by atoms with van der Waals surface area (Å²) in [7, 11) is 0. The van der Waals surface area contributed by atoms with Crippen LogP contribution in [0.1, 0.15) is 12.5 Å². The van der Waals surface area contributed by atoms with E-state index in [0.29, 0.717) is 5.25 Å². The predicted octanol–water partition coefficient (Wildman–Crippen LogP) is 2.69. The molecule has 1 aliphatic rings. The molecule has 0 aromatic heterocycles. The zero-order chi connectivity index (χ0) is 9.26. The summed E-state index contributed by atoms with van der Waals surface area (Å²) in [5.41, 5.74) is 2.07. The summed E-state index contributed by atoms with van der Waals surface area (Å²) in [6.07, 6.45) is 2.66. The quantitative estimate of drug-likeness (QED) is 0.504. The van der Waals surface area contributed by atoms with Gasteiger partial charge in [0.25, 0.3) is 0 Å². The molecule has 0 fully saturated rings. The smallest absolute Gasteiger partial charge is 0.211 e. The van der Waals surface area contributed by atoms with Gasteiger partial charge < -0.3 is 0 Å². The minimum atomic E-state index is 0.595. The van der Waals surface area contributed by atoms with E-state index >= 15 is 0 Å². The molecular formula is C10H9NOS. The summed E-state index contributed by atoms with van der Waals surface area (Å²) in [6.45, 7) is 2.18. The number of rotatable bonds is 1. The van der Waals surface area contributed by atoms with Gasteiger partial charge >= 0.3 is 0 Å². The summed E-state index contributed by atoms with van der Waals surface area (Å²) in [4.78, 5) is 15.0. The Labute approximate surface area is 81.1 Å². The topological polar surface area (TPSA) is 29.4 Å². The van der Waals surface area contributed by atoms with Crippen LogP contribution in [0.5, 0.6) is 0 Å². The number of fused-ring (bicyclic) bond motifs is 1. The van der Waals surface area contributed by atoms with Crippen LogP contribution >= 0.6 is 11.8 Å². The lowest BCUT2D eigenvalue weighted by atomic mass is 10.1. The van der Waals surface area contributed by atoms with Crippen molar-refractivity contribution in [2.75, 3.05) is 0 Å². The van der Waals surface area contributed by atoms with Crippen LogP contribution < -0.4 is 0 Å². The molecular weight excluding hydrogens is 182 g/mol. The molecule has 0 radical (unpaired) electrons. The summed E-state index contributed by atoms with van der Waals surface area (Å²) >= 11 is 1.78. The minimum absolute atomic E-state index is 0.595. The molecule has 0 spiro atoms. The zero-order valence-corrected chi connectivity index (χ0v) is 8.10. The summed E-state index contributed by atoms with van der Waals surface area (Å²) in [5, 5.41) is 0.595. The van der Waals surface area contributed by atoms with Gasteiger partial charge in [-0.05, 0) is 18.1 Å². The van der Waals surface area contributed by atoms with Crippen molar-refractivity contribution in [3.63, 3.8) is 0 Å². The Hall–Kier alpha value is -1.05. The Morgan fingerprint density at radius 3 is 3.23 bits per heavy atom. The second-order valence-electron chi connectivity index (χ2n) is 3.10. The summed E-state index contributed by atoms with van der Waals surface area (Å²) in [6, 6.07) is 5.89. The van der Waals surface area contributed by atoms with Gasteiger partial charge in [0.05, 0.1) is 5.69 Å². The van der Waals surface area contributed by atoms with E-state index < -0.39 is 0 Å². The van der Waals surface area contributed by atoms with Gasteiger partial charge in [-0.2, -0.15) is 4.99 Å². The Kier molecular flexibility index (Phi) is 2.21. The monoisotopic (exact) mass is 191 g/mol. The number of aliphatic imine (C=N–C) groups is 1. The molecule has 2 rings (SSSR count). The largest absolute Gasteiger partial charge is 0.240 e. The van der Waals surface area contributed by atoms with Crippen LogP contribution in [-0.2, 0) is 11.2 Å². The van der Waals surface area contributed by atoms with E-state index in [4.69, 9.17) is 0 Å². The first-order valence-electron chi connectivity index (χ1n) is 4.17. The fourth-order valence-electron chi connectivity index (χ4n) is 1.56. The van der Waals surface area contributed by atoms with Gasteiger partial charge in [-0.1, -0.05) is 19.1 Å². The minimum Gasteiger partial charge on any atom is -0.211 e. The van der Waals surface area contributed by atoms with Crippen LogP contribution in [0, 0.1) is 0 Å². The van der Waals surface area contributed by atoms with Crippen molar-refractivity contribution >= 4 is 23.5 Å². The Balaban J connectivity index is 2.51. The van der Waals surface area contributed by atoms with E-state index in [1.165, 1.54) is 5.56 Å². The summed E-state index contributed by atoms with van der Waals surface area (Å²) < 4.78 is 0. The van der Waals surface area contributed by atoms with Gasteiger partial charge in [0, 0.05) is 10.1 Å². The molecule has 3 heteroatoms. The lowest BCUT2D eigenvalue weighted by Gasteiger charge is -1.99. The normalized spacial score (nSPS) is 19.3. The molecule has 66 valence electrons. The maximum Gasteiger partial charge on any atom is 0.240 e. The molecule has 0 N–H and O–H groups in total. The van der Waals surface area contributed by atoms with Gasteiger partial charge in [-0.3, -0.25) is 0 Å². The molecule has 1 unspecified atom stereocenters. The molecule has 0 bridgehead atoms. The number of benzene rings is 1. The number of carbonyl (C=O) groups excluding carboxylic acids is 1. The number of nitrogens with zero attached hydrogens (tertiary/aromatic N) is 1. The van der Waals surface area contributed by atoms with Gasteiger partial charge in [-0.25, -0.2) is 4.79 Å². The number of hydrogen-bond donors (Lipinski definition) is 0. The molecule has 0 saturated carbocycles. The van der Waals surface area contributed by atoms with Crippen molar-refractivity contribution in [3.05, 3.63) is 23.8 Å². The lowest BCUT2D eigenvalue weighted by Crippen LogP contribution is -1.90. The van der Waals surface area contributed by atoms with Gasteiger partial charge in [0.2, 0.25) is 6.08 Å². The van der Waals surface area contributed by atoms with E-state index in [0.717, 1.165) is 17.0 Å². The van der Waals surface area contributed by atoms with E-state index in [-0.39, 0.29) is 0 Å². The van der Waals surface area contributed by atoms with Crippen molar-refractivity contribution in [3.8, 4) is 0 Å². The molecule has 2 nitrogen and oxygen atoms in total. The third-order valence-electron chi connectivity index (χ3n) is 2.07. The first-order chi connectivity index (χ1) is 6.31. The molecule has 1 atom stereocenters. The van der Waals surface area contributed by atoms with E-state index in [2.05, 4.69) is 18.0 Å². The molecule has 1 aliphatic heterocycles. The highest BCUT2D eigenvalue weighted by Gasteiger charge is 2.20. The molecule has 1 aromatic carbocycles. The molecule has 1 heterocycles. The SMILES string of the molecule is CC1Cc2cccc(N=C=O)c2S1. The first-order valence-corrected chi connectivity index (χ1v) is 5.05. The van der Waals surface area contributed by atoms with Crippen LogP contribution in [0.15, 0.2) is 28.1 Å². The number of hydrogen-bond acceptors (Lipinski definition) is 3. The van der Waals surface area contributed by atoms with E-state index in [1.54, 1.807) is 17.8 Å². The number of isocyanates is 1. The average Bonchev–Trinajstić information content (AvgIpc) is 2.47. The van der Waals surface area contributed by atoms with Crippen molar-refractivity contribution in [2.24, 2.45) is 4.99 Å². The third kappa shape index (κ3) is 1.53. The molecule has 1 aromatic rings. The molecule has 0 aliphatic carbocycles. The maximum absolute atomic E-state index is 10.2. The lowest BCUT2D eigenvalue weighted by molar-refractivity contribution is 0.565. The third-order valence-corrected chi connectivity index (χ3v) is 3.34. The Bertz CT molecular complexity index is 383. The zero-order valence-electron chi connectivity index (χ0n) is 7.28. The number of thioether (sulfide) groups is 1. The Morgan fingerprint density at radius 2 is 2.46 bits per heavy atom. The highest BCUT2D eigenvalue weighted by Crippen LogP contribution is 2.42. The highest BCUT2D eigenvalue weighted by atomic mass is 32.2. The second-order valence-corrected chi connectivity index (χ2v) is 4.55. The fourth-order valence-corrected chi connectivity index (χ4v) is 2.76. The van der Waals surface area contributed by atoms with Crippen LogP contribution in [0.3, 0.4) is 0 Å². The molecule has 0 saturated heterocycles. The van der Waals surface area contributed by atoms with Crippen LogP contribution in [-0.4, -0.2) is 11.3 Å². The van der Waals surface area contributed by atoms with Crippen molar-refractivity contribution in [2.45, 2.75) is 23.5 Å². The summed E-state index contributed by atoms with van der Waals surface area (Å²) in [5.74, 6) is 0. The van der Waals surface area contributed by atoms with Crippen molar-refractivity contribution in [1.29, 1.82) is 0 Å². The van der Waals surface area contributed by atoms with Crippen LogP contribution in [0.25, 0.3) is 0 Å². The van der Waals surface area contributed by atoms with E-state index in [9.17, 15) is 4.79 Å². The maximum atomic E-state index is 10.2. The standard InChI is InChI=1S/C10H9NOS/c1-7-5-8-3-2-4-9(11-6-12)10(8)13-7/h2-4,7H,5H2,1H3.